The van der Waals surface area contributed by atoms with Crippen LogP contribution in [0, 0.1) is 13.8 Å². The van der Waals surface area contributed by atoms with Crippen LogP contribution in [0.1, 0.15) is 21.8 Å². The highest BCUT2D eigenvalue weighted by molar-refractivity contribution is 7.89. The molecule has 124 valence electrons. The molecular formula is C14H17N3O5S. The molecule has 9 heteroatoms. The minimum absolute atomic E-state index is 0.118. The summed E-state index contributed by atoms with van der Waals surface area (Å²) in [5.41, 5.74) is 0.812. The predicted molar refractivity (Wildman–Crippen MR) is 79.3 cm³/mol. The second kappa shape index (κ2) is 5.82. The van der Waals surface area contributed by atoms with Gasteiger partial charge in [-0.15, -0.1) is 0 Å². The van der Waals surface area contributed by atoms with Crippen molar-refractivity contribution in [1.29, 1.82) is 0 Å². The maximum absolute atomic E-state index is 12.7. The molecule has 0 radical (unpaired) electrons. The highest BCUT2D eigenvalue weighted by Crippen LogP contribution is 2.24. The van der Waals surface area contributed by atoms with Crippen LogP contribution in [0.4, 0.5) is 0 Å². The monoisotopic (exact) mass is 339 g/mol. The van der Waals surface area contributed by atoms with E-state index >= 15 is 0 Å². The molecule has 2 aromatic heterocycles. The molecule has 1 fully saturated rings. The zero-order chi connectivity index (χ0) is 16.6. The first kappa shape index (κ1) is 15.8. The van der Waals surface area contributed by atoms with Gasteiger partial charge in [0.1, 0.15) is 16.9 Å². The van der Waals surface area contributed by atoms with Gasteiger partial charge in [0.05, 0.1) is 11.8 Å². The lowest BCUT2D eigenvalue weighted by Gasteiger charge is -2.33. The van der Waals surface area contributed by atoms with Crippen molar-refractivity contribution in [2.75, 3.05) is 26.2 Å². The van der Waals surface area contributed by atoms with Gasteiger partial charge in [0.15, 0.2) is 5.76 Å². The summed E-state index contributed by atoms with van der Waals surface area (Å²) >= 11 is 0. The molecule has 1 saturated heterocycles. The quantitative estimate of drug-likeness (QED) is 0.828. The molecule has 1 aliphatic heterocycles. The van der Waals surface area contributed by atoms with Crippen molar-refractivity contribution in [3.05, 3.63) is 35.6 Å². The van der Waals surface area contributed by atoms with E-state index in [1.54, 1.807) is 24.8 Å². The van der Waals surface area contributed by atoms with Crippen molar-refractivity contribution < 1.29 is 22.2 Å². The number of hydrogen-bond donors (Lipinski definition) is 0. The van der Waals surface area contributed by atoms with Gasteiger partial charge in [0.2, 0.25) is 10.0 Å². The van der Waals surface area contributed by atoms with Crippen molar-refractivity contribution in [2.45, 2.75) is 18.7 Å². The van der Waals surface area contributed by atoms with Crippen LogP contribution in [0.3, 0.4) is 0 Å². The Bertz CT molecular complexity index is 782. The molecule has 1 amide bonds. The Balaban J connectivity index is 1.73. The Morgan fingerprint density at radius 1 is 1.22 bits per heavy atom. The van der Waals surface area contributed by atoms with E-state index in [2.05, 4.69) is 5.16 Å². The Kier molecular flexibility index (Phi) is 3.99. The van der Waals surface area contributed by atoms with E-state index in [0.29, 0.717) is 24.3 Å². The zero-order valence-corrected chi connectivity index (χ0v) is 13.7. The molecule has 0 aliphatic carbocycles. The number of rotatable bonds is 3. The molecule has 0 unspecified atom stereocenters. The maximum atomic E-state index is 12.7. The molecular weight excluding hydrogens is 322 g/mol. The minimum Gasteiger partial charge on any atom is -0.472 e. The Morgan fingerprint density at radius 3 is 2.43 bits per heavy atom. The summed E-state index contributed by atoms with van der Waals surface area (Å²) in [5.74, 6) is 0.118. The molecule has 3 rings (SSSR count). The molecule has 8 nitrogen and oxygen atoms in total. The Hall–Kier alpha value is -2.13. The molecule has 0 bridgehead atoms. The SMILES string of the molecule is Cc1noc(C)c1S(=O)(=O)N1CCN(C(=O)c2ccoc2)CC1. The molecule has 23 heavy (non-hydrogen) atoms. The molecule has 0 aromatic carbocycles. The van der Waals surface area contributed by atoms with Gasteiger partial charge in [-0.05, 0) is 19.9 Å². The third-order valence-corrected chi connectivity index (χ3v) is 6.00. The van der Waals surface area contributed by atoms with Gasteiger partial charge in [-0.2, -0.15) is 4.31 Å². The lowest BCUT2D eigenvalue weighted by atomic mass is 10.2. The van der Waals surface area contributed by atoms with Crippen molar-refractivity contribution in [3.8, 4) is 0 Å². The van der Waals surface area contributed by atoms with Crippen LogP contribution in [0.25, 0.3) is 0 Å². The van der Waals surface area contributed by atoms with Crippen LogP contribution >= 0.6 is 0 Å². The van der Waals surface area contributed by atoms with E-state index in [-0.39, 0.29) is 29.7 Å². The molecule has 0 saturated carbocycles. The van der Waals surface area contributed by atoms with Gasteiger partial charge in [0.25, 0.3) is 5.91 Å². The fourth-order valence-corrected chi connectivity index (χ4v) is 4.39. The van der Waals surface area contributed by atoms with E-state index in [9.17, 15) is 13.2 Å². The van der Waals surface area contributed by atoms with Crippen molar-refractivity contribution in [3.63, 3.8) is 0 Å². The molecule has 0 spiro atoms. The van der Waals surface area contributed by atoms with E-state index in [1.165, 1.54) is 16.8 Å². The summed E-state index contributed by atoms with van der Waals surface area (Å²) in [7, 11) is -3.66. The van der Waals surface area contributed by atoms with E-state index in [4.69, 9.17) is 8.94 Å². The summed E-state index contributed by atoms with van der Waals surface area (Å²) in [6, 6.07) is 1.59. The molecule has 2 aromatic rings. The Labute approximate surface area is 133 Å². The smallest absolute Gasteiger partial charge is 0.257 e. The van der Waals surface area contributed by atoms with Gasteiger partial charge in [-0.3, -0.25) is 4.79 Å². The van der Waals surface area contributed by atoms with Gasteiger partial charge in [-0.25, -0.2) is 8.42 Å². The van der Waals surface area contributed by atoms with Crippen LogP contribution in [-0.4, -0.2) is 54.9 Å². The van der Waals surface area contributed by atoms with Gasteiger partial charge in [0, 0.05) is 26.2 Å². The fraction of sp³-hybridized carbons (Fsp3) is 0.429. The van der Waals surface area contributed by atoms with Crippen LogP contribution < -0.4 is 0 Å². The van der Waals surface area contributed by atoms with Crippen LogP contribution in [0.15, 0.2) is 32.4 Å². The molecule has 1 aliphatic rings. The first-order valence-corrected chi connectivity index (χ1v) is 8.60. The lowest BCUT2D eigenvalue weighted by Crippen LogP contribution is -2.50. The van der Waals surface area contributed by atoms with Gasteiger partial charge >= 0.3 is 0 Å². The average Bonchev–Trinajstić information content (AvgIpc) is 3.17. The van der Waals surface area contributed by atoms with Crippen molar-refractivity contribution in [2.24, 2.45) is 0 Å². The maximum Gasteiger partial charge on any atom is 0.257 e. The summed E-state index contributed by atoms with van der Waals surface area (Å²) in [4.78, 5) is 14.0. The molecule has 0 N–H and O–H groups in total. The third-order valence-electron chi connectivity index (χ3n) is 3.86. The number of carbonyl (C=O) groups is 1. The highest BCUT2D eigenvalue weighted by atomic mass is 32.2. The second-order valence-electron chi connectivity index (χ2n) is 5.36. The van der Waals surface area contributed by atoms with Gasteiger partial charge < -0.3 is 13.8 Å². The normalized spacial score (nSPS) is 16.7. The topological polar surface area (TPSA) is 96.9 Å². The fourth-order valence-electron chi connectivity index (χ4n) is 2.67. The summed E-state index contributed by atoms with van der Waals surface area (Å²) in [5, 5.41) is 3.70. The minimum atomic E-state index is -3.66. The van der Waals surface area contributed by atoms with E-state index < -0.39 is 10.0 Å². The number of aromatic nitrogens is 1. The van der Waals surface area contributed by atoms with E-state index in [0.717, 1.165) is 0 Å². The first-order valence-electron chi connectivity index (χ1n) is 7.16. The number of piperazine rings is 1. The van der Waals surface area contributed by atoms with Crippen LogP contribution in [-0.2, 0) is 10.0 Å². The van der Waals surface area contributed by atoms with Crippen molar-refractivity contribution >= 4 is 15.9 Å². The number of nitrogens with zero attached hydrogens (tertiary/aromatic N) is 3. The number of sulfonamides is 1. The van der Waals surface area contributed by atoms with Crippen molar-refractivity contribution in [1.82, 2.24) is 14.4 Å². The third kappa shape index (κ3) is 2.77. The average molecular weight is 339 g/mol. The van der Waals surface area contributed by atoms with Crippen LogP contribution in [0.5, 0.6) is 0 Å². The second-order valence-corrected chi connectivity index (χ2v) is 7.24. The van der Waals surface area contributed by atoms with Gasteiger partial charge in [-0.1, -0.05) is 5.16 Å². The van der Waals surface area contributed by atoms with E-state index in [1.807, 2.05) is 0 Å². The summed E-state index contributed by atoms with van der Waals surface area (Å²) < 4.78 is 36.6. The predicted octanol–water partition coefficient (Wildman–Crippen LogP) is 1.03. The highest BCUT2D eigenvalue weighted by Gasteiger charge is 2.34. The number of amides is 1. The van der Waals surface area contributed by atoms with Crippen LogP contribution in [0.2, 0.25) is 0 Å². The Morgan fingerprint density at radius 2 is 1.91 bits per heavy atom. The number of furan rings is 1. The largest absolute Gasteiger partial charge is 0.472 e. The zero-order valence-electron chi connectivity index (χ0n) is 12.9. The molecule has 3 heterocycles. The lowest BCUT2D eigenvalue weighted by molar-refractivity contribution is 0.0697. The number of carbonyl (C=O) groups excluding carboxylic acids is 1. The number of hydrogen-bond acceptors (Lipinski definition) is 6. The molecule has 0 atom stereocenters. The summed E-state index contributed by atoms with van der Waals surface area (Å²) in [6.45, 7) is 4.29. The number of aryl methyl sites for hydroxylation is 2. The first-order chi connectivity index (χ1) is 10.9. The summed E-state index contributed by atoms with van der Waals surface area (Å²) in [6.07, 6.45) is 2.82. The standard InChI is InChI=1S/C14H17N3O5S/c1-10-13(11(2)22-15-10)23(19,20)17-6-4-16(5-7-17)14(18)12-3-8-21-9-12/h3,8-9H,4-7H2,1-2H3.